The molecule has 0 radical (unpaired) electrons. The van der Waals surface area contributed by atoms with Crippen molar-refractivity contribution in [1.82, 2.24) is 59.5 Å². The van der Waals surface area contributed by atoms with Crippen LogP contribution in [0.25, 0.3) is 45.6 Å². The highest BCUT2D eigenvalue weighted by molar-refractivity contribution is 7.71. The fourth-order valence-electron chi connectivity index (χ4n) is 8.54. The van der Waals surface area contributed by atoms with E-state index in [0.717, 1.165) is 44.9 Å². The Hall–Kier alpha value is -12.1. The molecule has 0 aliphatic carbocycles. The number of hydrogen-bond donors (Lipinski definition) is 7. The summed E-state index contributed by atoms with van der Waals surface area (Å²) in [4.78, 5) is 43.0. The Morgan fingerprint density at radius 1 is 0.465 bits per heavy atom. The Balaban J connectivity index is 0.000000154. The van der Waals surface area contributed by atoms with E-state index in [1.54, 1.807) is 99.6 Å². The summed E-state index contributed by atoms with van der Waals surface area (Å²) < 4.78 is 17.5. The van der Waals surface area contributed by atoms with Crippen LogP contribution in [0.4, 0.5) is 5.69 Å². The van der Waals surface area contributed by atoms with Gasteiger partial charge in [-0.2, -0.15) is 59.5 Å². The number of methoxy groups -OCH3 is 2. The van der Waals surface area contributed by atoms with Gasteiger partial charge in [0.25, 0.3) is 5.69 Å². The van der Waals surface area contributed by atoms with Crippen LogP contribution in [-0.2, 0) is 0 Å². The number of carboxylic acid groups (broad SMARTS) is 3. The number of hydrogen-bond acceptors (Lipinski definition) is 19. The average molecular weight is 1440 g/mol. The lowest BCUT2D eigenvalue weighted by Gasteiger charge is -2.04. The minimum atomic E-state index is -0.986. The second-order valence-electron chi connectivity index (χ2n) is 20.2. The summed E-state index contributed by atoms with van der Waals surface area (Å²) in [5, 5.41) is 83.4. The molecule has 12 rings (SSSR count). The van der Waals surface area contributed by atoms with Gasteiger partial charge in [0.15, 0.2) is 23.3 Å². The molecule has 8 aromatic carbocycles. The van der Waals surface area contributed by atoms with Crippen LogP contribution in [0, 0.1) is 36.1 Å². The van der Waals surface area contributed by atoms with Crippen LogP contribution in [0.1, 0.15) is 58.9 Å². The van der Waals surface area contributed by atoms with Gasteiger partial charge in [-0.15, -0.1) is 0 Å². The van der Waals surface area contributed by atoms with Crippen LogP contribution in [0.3, 0.4) is 0 Å². The number of rotatable bonds is 18. The maximum absolute atomic E-state index is 10.9. The number of nitrogens with one attached hydrogen (secondary N) is 4. The van der Waals surface area contributed by atoms with E-state index in [0.29, 0.717) is 69.1 Å². The highest BCUT2D eigenvalue weighted by Crippen LogP contribution is 2.30. The zero-order valence-electron chi connectivity index (χ0n) is 51.6. The molecule has 0 spiro atoms. The Bertz CT molecular complexity index is 5260. The molecule has 0 amide bonds. The van der Waals surface area contributed by atoms with Gasteiger partial charge in [-0.3, -0.25) is 10.1 Å². The Morgan fingerprint density at radius 3 is 1.13 bits per heavy atom. The van der Waals surface area contributed by atoms with Gasteiger partial charge < -0.3 is 24.8 Å². The van der Waals surface area contributed by atoms with Crippen LogP contribution in [-0.4, -0.2) is 137 Å². The van der Waals surface area contributed by atoms with Crippen molar-refractivity contribution in [2.75, 3.05) is 14.2 Å². The zero-order valence-corrected chi connectivity index (χ0v) is 56.4. The molecule has 7 N–H and O–H groups in total. The Labute approximate surface area is 590 Å². The molecule has 0 atom stereocenters. The predicted octanol–water partition coefficient (Wildman–Crippen LogP) is 14.6. The highest BCUT2D eigenvalue weighted by atomic mass is 35.5. The smallest absolute Gasteiger partial charge is 0.335 e. The molecular formula is C66H51Cl2N17O10S4. The molecule has 0 bridgehead atoms. The molecule has 12 aromatic rings. The van der Waals surface area contributed by atoms with E-state index in [2.05, 4.69) is 61.2 Å². The van der Waals surface area contributed by atoms with Crippen molar-refractivity contribution in [3.05, 3.63) is 272 Å². The average Bonchev–Trinajstić information content (AvgIpc) is 1.74. The van der Waals surface area contributed by atoms with Gasteiger partial charge in [0.2, 0.25) is 19.1 Å². The topological polar surface area (TPSA) is 357 Å². The largest absolute Gasteiger partial charge is 0.497 e. The normalized spacial score (nSPS) is 11.0. The number of nitro benzene ring substituents is 1. The van der Waals surface area contributed by atoms with Gasteiger partial charge >= 0.3 is 17.9 Å². The Kier molecular flexibility index (Phi) is 24.1. The number of halogens is 2. The molecule has 33 heteroatoms. The number of aromatic nitrogens is 12. The lowest BCUT2D eigenvalue weighted by Crippen LogP contribution is -1.97. The molecular weight excluding hydrogens is 1390 g/mol. The minimum Gasteiger partial charge on any atom is -0.497 e. The summed E-state index contributed by atoms with van der Waals surface area (Å²) in [5.74, 6) is 0.680. The monoisotopic (exact) mass is 1440 g/mol. The van der Waals surface area contributed by atoms with E-state index in [4.69, 9.17) is 96.9 Å². The molecule has 0 aliphatic rings. The van der Waals surface area contributed by atoms with E-state index < -0.39 is 22.8 Å². The summed E-state index contributed by atoms with van der Waals surface area (Å²) in [5.41, 5.74) is 7.73. The summed E-state index contributed by atoms with van der Waals surface area (Å²) in [6.45, 7) is 2.01. The Morgan fingerprint density at radius 2 is 0.798 bits per heavy atom. The lowest BCUT2D eigenvalue weighted by molar-refractivity contribution is -0.384. The van der Waals surface area contributed by atoms with Crippen molar-refractivity contribution >= 4 is 121 Å². The molecule has 498 valence electrons. The van der Waals surface area contributed by atoms with Crippen molar-refractivity contribution < 1.29 is 44.1 Å². The number of non-ortho nitro benzene ring substituents is 1. The van der Waals surface area contributed by atoms with E-state index in [-0.39, 0.29) is 22.4 Å². The summed E-state index contributed by atoms with van der Waals surface area (Å²) in [6.07, 6.45) is 6.23. The van der Waals surface area contributed by atoms with Gasteiger partial charge in [0, 0.05) is 45.0 Å². The minimum absolute atomic E-state index is 0.00452. The van der Waals surface area contributed by atoms with Crippen LogP contribution in [0.15, 0.2) is 208 Å². The van der Waals surface area contributed by atoms with Gasteiger partial charge in [-0.1, -0.05) is 102 Å². The highest BCUT2D eigenvalue weighted by Gasteiger charge is 2.15. The number of nitro groups is 1. The zero-order chi connectivity index (χ0) is 70.7. The number of aromatic carboxylic acids is 3. The van der Waals surface area contributed by atoms with Crippen LogP contribution in [0.2, 0.25) is 10.0 Å². The number of nitrogens with zero attached hydrogens (tertiary/aromatic N) is 13. The first-order valence-electron chi connectivity index (χ1n) is 28.6. The van der Waals surface area contributed by atoms with Crippen molar-refractivity contribution in [3.8, 4) is 57.1 Å². The number of carboxylic acids is 3. The fourth-order valence-corrected chi connectivity index (χ4v) is 9.75. The molecule has 4 aromatic heterocycles. The van der Waals surface area contributed by atoms with Crippen LogP contribution < -0.4 is 9.47 Å². The lowest BCUT2D eigenvalue weighted by atomic mass is 10.1. The number of aromatic amines is 4. The van der Waals surface area contributed by atoms with E-state index in [1.807, 2.05) is 79.7 Å². The number of aryl methyl sites for hydroxylation is 1. The molecule has 0 saturated heterocycles. The molecule has 4 heterocycles. The number of ether oxygens (including phenoxy) is 2. The van der Waals surface area contributed by atoms with E-state index >= 15 is 0 Å². The van der Waals surface area contributed by atoms with Crippen LogP contribution in [0.5, 0.6) is 11.5 Å². The van der Waals surface area contributed by atoms with Crippen LogP contribution >= 0.6 is 72.1 Å². The summed E-state index contributed by atoms with van der Waals surface area (Å²) >= 11 is 33.0. The van der Waals surface area contributed by atoms with Crippen molar-refractivity contribution in [2.45, 2.75) is 6.92 Å². The first kappa shape index (κ1) is 71.2. The first-order valence-corrected chi connectivity index (χ1v) is 31.0. The fraction of sp³-hybridized carbons (Fsp3) is 0.0455. The maximum atomic E-state index is 10.9. The SMILES string of the molecule is COc1ccc(-c2n[nH]c(=S)n2/N=C/c2cccc([N+](=O)[O-])c2)cc1.COc1ccc(-c2n[nH]c(=S)n2N=Cc2ccc(C(=O)O)cc2)cc1.Cc1ccc(-c2n[nH]c(=S)n2/N=C/c2ccc(C(=O)O)cc2)cc1.O=C(O)c1ccc(C=Nn2c(-c3ccc(Cl)cc3Cl)n[nH]c2=S)cc1. The van der Waals surface area contributed by atoms with Gasteiger partial charge in [-0.05, 0) is 176 Å². The summed E-state index contributed by atoms with van der Waals surface area (Å²) in [6, 6.07) is 52.8. The molecule has 0 unspecified atom stereocenters. The second kappa shape index (κ2) is 33.5. The van der Waals surface area contributed by atoms with Gasteiger partial charge in [0.05, 0.1) is 65.7 Å². The summed E-state index contributed by atoms with van der Waals surface area (Å²) in [7, 11) is 3.19. The van der Waals surface area contributed by atoms with Crippen molar-refractivity contribution in [1.29, 1.82) is 0 Å². The van der Waals surface area contributed by atoms with Gasteiger partial charge in [0.1, 0.15) is 11.5 Å². The maximum Gasteiger partial charge on any atom is 0.335 e. The number of carbonyl (C=O) groups is 3. The third-order valence-electron chi connectivity index (χ3n) is 13.6. The number of H-pyrrole nitrogens is 4. The standard InChI is InChI=1S/C17H14N4O3S.C17H14N4O2S.C16H10Cl2N4O2S.C16H13N5O3S/c1-24-14-8-6-12(7-9-14)15-19-20-17(25)21(15)18-10-11-2-4-13(5-3-11)16(22)23;1-11-2-6-13(7-3-11)15-19-20-17(24)21(15)18-10-12-4-8-14(9-5-12)16(22)23;17-11-5-6-12(13(18)7-11)14-20-21-16(25)22(14)19-8-9-1-3-10(4-2-9)15(23)24;1-24-14-7-5-12(6-8-14)15-18-19-16(25)20(15)17-10-11-3-2-4-13(9-11)21(22)23/h2-10H,1H3,(H,20,25)(H,22,23);2-10H,1H3,(H,20,24)(H,22,23);1-8H,(H,21,25)(H,23,24);2-10H,1H3,(H,19,25)/b;18-10+;;17-10+. The first-order chi connectivity index (χ1) is 47.7. The van der Waals surface area contributed by atoms with Crippen molar-refractivity contribution in [2.24, 2.45) is 20.4 Å². The van der Waals surface area contributed by atoms with E-state index in [1.165, 1.54) is 73.4 Å². The third-order valence-corrected chi connectivity index (χ3v) is 15.2. The molecule has 99 heavy (non-hydrogen) atoms. The number of benzene rings is 8. The molecule has 0 saturated carbocycles. The molecule has 27 nitrogen and oxygen atoms in total. The van der Waals surface area contributed by atoms with Crippen molar-refractivity contribution in [3.63, 3.8) is 0 Å². The predicted molar refractivity (Wildman–Crippen MR) is 385 cm³/mol. The molecule has 0 fully saturated rings. The quantitative estimate of drug-likeness (QED) is 0.0182. The second-order valence-corrected chi connectivity index (χ2v) is 22.6. The van der Waals surface area contributed by atoms with Gasteiger partial charge in [-0.25, -0.2) is 34.8 Å². The third kappa shape index (κ3) is 18.9. The van der Waals surface area contributed by atoms with E-state index in [9.17, 15) is 24.5 Å². The molecule has 0 aliphatic heterocycles.